The Bertz CT molecular complexity index is 783. The quantitative estimate of drug-likeness (QED) is 0.826. The molecule has 0 spiro atoms. The predicted molar refractivity (Wildman–Crippen MR) is 105 cm³/mol. The van der Waals surface area contributed by atoms with Crippen LogP contribution in [-0.4, -0.2) is 54.5 Å². The van der Waals surface area contributed by atoms with Crippen LogP contribution in [0.15, 0.2) is 16.8 Å². The Kier molecular flexibility index (Phi) is 4.80. The minimum atomic E-state index is 0.183. The van der Waals surface area contributed by atoms with E-state index in [9.17, 15) is 4.79 Å². The monoisotopic (exact) mass is 371 g/mol. The summed E-state index contributed by atoms with van der Waals surface area (Å²) in [6.45, 7) is 3.42. The topological polar surface area (TPSA) is 52.6 Å². The van der Waals surface area contributed by atoms with E-state index in [-0.39, 0.29) is 5.91 Å². The second-order valence-corrected chi connectivity index (χ2v) is 8.01. The summed E-state index contributed by atoms with van der Waals surface area (Å²) in [6, 6.07) is 2.02. The number of amides is 1. The van der Waals surface area contributed by atoms with Crippen LogP contribution >= 0.6 is 11.3 Å². The Balaban J connectivity index is 1.58. The molecule has 0 unspecified atom stereocenters. The maximum atomic E-state index is 12.7. The summed E-state index contributed by atoms with van der Waals surface area (Å²) < 4.78 is 0. The molecule has 4 rings (SSSR count). The zero-order chi connectivity index (χ0) is 18.1. The Labute approximate surface area is 158 Å². The van der Waals surface area contributed by atoms with Gasteiger partial charge in [0.1, 0.15) is 5.82 Å². The van der Waals surface area contributed by atoms with Crippen LogP contribution in [0.1, 0.15) is 29.7 Å². The van der Waals surface area contributed by atoms with Crippen LogP contribution in [0, 0.1) is 0 Å². The summed E-state index contributed by atoms with van der Waals surface area (Å²) in [4.78, 5) is 28.7. The molecule has 0 N–H and O–H groups in total. The SMILES string of the molecule is CN(C)c1nc(N2CCCC2)nc2c1CN(C(=O)Cc1ccsc1)CC2. The normalized spacial score (nSPS) is 16.7. The Morgan fingerprint density at radius 3 is 2.73 bits per heavy atom. The zero-order valence-corrected chi connectivity index (χ0v) is 16.3. The average Bonchev–Trinajstić information content (AvgIpc) is 3.34. The largest absolute Gasteiger partial charge is 0.362 e. The van der Waals surface area contributed by atoms with Gasteiger partial charge in [0.05, 0.1) is 18.7 Å². The van der Waals surface area contributed by atoms with Crippen molar-refractivity contribution in [3.8, 4) is 0 Å². The molecule has 2 aliphatic heterocycles. The molecule has 0 aromatic carbocycles. The van der Waals surface area contributed by atoms with E-state index >= 15 is 0 Å². The molecule has 0 radical (unpaired) electrons. The maximum Gasteiger partial charge on any atom is 0.227 e. The van der Waals surface area contributed by atoms with Crippen LogP contribution in [0.25, 0.3) is 0 Å². The Hall–Kier alpha value is -2.15. The smallest absolute Gasteiger partial charge is 0.227 e. The van der Waals surface area contributed by atoms with Crippen LogP contribution in [0.5, 0.6) is 0 Å². The van der Waals surface area contributed by atoms with Crippen LogP contribution in [0.4, 0.5) is 11.8 Å². The van der Waals surface area contributed by atoms with Gasteiger partial charge in [-0.25, -0.2) is 4.98 Å². The molecule has 138 valence electrons. The van der Waals surface area contributed by atoms with Crippen molar-refractivity contribution in [3.63, 3.8) is 0 Å². The summed E-state index contributed by atoms with van der Waals surface area (Å²) in [5, 5.41) is 4.07. The molecular weight excluding hydrogens is 346 g/mol. The maximum absolute atomic E-state index is 12.7. The molecule has 2 aliphatic rings. The van der Waals surface area contributed by atoms with E-state index in [1.54, 1.807) is 11.3 Å². The molecule has 1 saturated heterocycles. The number of hydrogen-bond donors (Lipinski definition) is 0. The predicted octanol–water partition coefficient (Wildman–Crippen LogP) is 2.33. The summed E-state index contributed by atoms with van der Waals surface area (Å²) in [5.41, 5.74) is 3.30. The lowest BCUT2D eigenvalue weighted by molar-refractivity contribution is -0.131. The van der Waals surface area contributed by atoms with Crippen molar-refractivity contribution in [2.45, 2.75) is 32.2 Å². The number of anilines is 2. The molecule has 0 aliphatic carbocycles. The fraction of sp³-hybridized carbons (Fsp3) is 0.526. The first-order valence-corrected chi connectivity index (χ1v) is 10.2. The summed E-state index contributed by atoms with van der Waals surface area (Å²) in [7, 11) is 4.03. The Morgan fingerprint density at radius 2 is 2.04 bits per heavy atom. The van der Waals surface area contributed by atoms with Crippen molar-refractivity contribution in [1.82, 2.24) is 14.9 Å². The van der Waals surface area contributed by atoms with Gasteiger partial charge in [0.2, 0.25) is 11.9 Å². The van der Waals surface area contributed by atoms with Crippen molar-refractivity contribution in [2.24, 2.45) is 0 Å². The van der Waals surface area contributed by atoms with Crippen molar-refractivity contribution in [1.29, 1.82) is 0 Å². The molecule has 0 bridgehead atoms. The van der Waals surface area contributed by atoms with Crippen LogP contribution in [0.2, 0.25) is 0 Å². The van der Waals surface area contributed by atoms with Crippen LogP contribution in [0.3, 0.4) is 0 Å². The van der Waals surface area contributed by atoms with E-state index in [0.29, 0.717) is 13.0 Å². The highest BCUT2D eigenvalue weighted by molar-refractivity contribution is 7.08. The number of fused-ring (bicyclic) bond motifs is 1. The minimum absolute atomic E-state index is 0.183. The first-order chi connectivity index (χ1) is 12.6. The Morgan fingerprint density at radius 1 is 1.23 bits per heavy atom. The lowest BCUT2D eigenvalue weighted by Crippen LogP contribution is -2.38. The fourth-order valence-corrected chi connectivity index (χ4v) is 4.37. The van der Waals surface area contributed by atoms with Gasteiger partial charge in [0, 0.05) is 45.7 Å². The summed E-state index contributed by atoms with van der Waals surface area (Å²) in [5.74, 6) is 1.98. The van der Waals surface area contributed by atoms with E-state index < -0.39 is 0 Å². The van der Waals surface area contributed by atoms with Gasteiger partial charge in [-0.05, 0) is 35.2 Å². The molecule has 4 heterocycles. The highest BCUT2D eigenvalue weighted by atomic mass is 32.1. The third-order valence-electron chi connectivity index (χ3n) is 5.13. The number of aromatic nitrogens is 2. The lowest BCUT2D eigenvalue weighted by Gasteiger charge is -2.32. The van der Waals surface area contributed by atoms with Crippen LogP contribution < -0.4 is 9.80 Å². The van der Waals surface area contributed by atoms with Crippen molar-refractivity contribution < 1.29 is 4.79 Å². The molecule has 2 aromatic heterocycles. The van der Waals surface area contributed by atoms with E-state index in [4.69, 9.17) is 9.97 Å². The highest BCUT2D eigenvalue weighted by Gasteiger charge is 2.27. The van der Waals surface area contributed by atoms with Crippen molar-refractivity contribution in [3.05, 3.63) is 33.6 Å². The van der Waals surface area contributed by atoms with Gasteiger partial charge in [-0.2, -0.15) is 16.3 Å². The molecule has 6 nitrogen and oxygen atoms in total. The van der Waals surface area contributed by atoms with E-state index in [1.165, 1.54) is 12.8 Å². The third-order valence-corrected chi connectivity index (χ3v) is 5.86. The average molecular weight is 372 g/mol. The molecule has 26 heavy (non-hydrogen) atoms. The van der Waals surface area contributed by atoms with Gasteiger partial charge in [-0.1, -0.05) is 0 Å². The first-order valence-electron chi connectivity index (χ1n) is 9.23. The number of rotatable bonds is 4. The van der Waals surface area contributed by atoms with Gasteiger partial charge >= 0.3 is 0 Å². The van der Waals surface area contributed by atoms with Crippen LogP contribution in [-0.2, 0) is 24.2 Å². The molecule has 7 heteroatoms. The number of thiophene rings is 1. The molecular formula is C19H25N5OS. The molecule has 1 fully saturated rings. The number of nitrogens with zero attached hydrogens (tertiary/aromatic N) is 5. The minimum Gasteiger partial charge on any atom is -0.362 e. The zero-order valence-electron chi connectivity index (χ0n) is 15.4. The second-order valence-electron chi connectivity index (χ2n) is 7.23. The third kappa shape index (κ3) is 3.40. The number of hydrogen-bond acceptors (Lipinski definition) is 6. The molecule has 0 atom stereocenters. The fourth-order valence-electron chi connectivity index (χ4n) is 3.70. The van der Waals surface area contributed by atoms with Gasteiger partial charge in [0.25, 0.3) is 0 Å². The van der Waals surface area contributed by atoms with Gasteiger partial charge in [0.15, 0.2) is 0 Å². The number of carbonyl (C=O) groups excluding carboxylic acids is 1. The van der Waals surface area contributed by atoms with E-state index in [2.05, 4.69) is 4.90 Å². The summed E-state index contributed by atoms with van der Waals surface area (Å²) in [6.07, 6.45) is 3.70. The van der Waals surface area contributed by atoms with Crippen molar-refractivity contribution >= 4 is 29.0 Å². The molecule has 0 saturated carbocycles. The number of carbonyl (C=O) groups is 1. The van der Waals surface area contributed by atoms with Gasteiger partial charge in [-0.3, -0.25) is 4.79 Å². The summed E-state index contributed by atoms with van der Waals surface area (Å²) >= 11 is 1.63. The van der Waals surface area contributed by atoms with E-state index in [0.717, 1.165) is 54.6 Å². The molecule has 2 aromatic rings. The molecule has 1 amide bonds. The second kappa shape index (κ2) is 7.23. The standard InChI is InChI=1S/C19H25N5OS/c1-22(2)18-15-12-24(17(25)11-14-6-10-26-13-14)9-5-16(15)20-19(21-18)23-7-3-4-8-23/h6,10,13H,3-5,7-9,11-12H2,1-2H3. The van der Waals surface area contributed by atoms with Gasteiger partial charge < -0.3 is 14.7 Å². The van der Waals surface area contributed by atoms with Gasteiger partial charge in [-0.15, -0.1) is 0 Å². The highest BCUT2D eigenvalue weighted by Crippen LogP contribution is 2.29. The first kappa shape index (κ1) is 17.3. The van der Waals surface area contributed by atoms with E-state index in [1.807, 2.05) is 40.7 Å². The van der Waals surface area contributed by atoms with Crippen molar-refractivity contribution in [2.75, 3.05) is 43.5 Å². The lowest BCUT2D eigenvalue weighted by atomic mass is 10.0.